The molecule has 3 rings (SSSR count). The molecule has 1 saturated heterocycles. The van der Waals surface area contributed by atoms with E-state index in [4.69, 9.17) is 0 Å². The maximum absolute atomic E-state index is 12.9. The normalized spacial score (nSPS) is 15.4. The highest BCUT2D eigenvalue weighted by molar-refractivity contribution is 5.76. The largest absolute Gasteiger partial charge is 0.369 e. The lowest BCUT2D eigenvalue weighted by atomic mass is 10.2. The van der Waals surface area contributed by atoms with E-state index in [2.05, 4.69) is 51.1 Å². The quantitative estimate of drug-likeness (QED) is 0.731. The van der Waals surface area contributed by atoms with Crippen LogP contribution < -0.4 is 4.90 Å². The van der Waals surface area contributed by atoms with Gasteiger partial charge in [-0.2, -0.15) is 0 Å². The Kier molecular flexibility index (Phi) is 6.56. The van der Waals surface area contributed by atoms with Crippen LogP contribution in [0, 0.1) is 6.92 Å². The molecule has 9 nitrogen and oxygen atoms in total. The van der Waals surface area contributed by atoms with Crippen LogP contribution in [-0.2, 0) is 17.9 Å². The highest BCUT2D eigenvalue weighted by Gasteiger charge is 2.22. The third kappa shape index (κ3) is 4.83. The zero-order valence-corrected chi connectivity index (χ0v) is 17.2. The summed E-state index contributed by atoms with van der Waals surface area (Å²) in [5.74, 6) is 0.780. The molecule has 0 unspecified atom stereocenters. The maximum atomic E-state index is 12.9. The maximum Gasteiger partial charge on any atom is 0.244 e. The first-order chi connectivity index (χ1) is 13.5. The fourth-order valence-electron chi connectivity index (χ4n) is 3.32. The third-order valence-electron chi connectivity index (χ3n) is 5.34. The highest BCUT2D eigenvalue weighted by atomic mass is 16.2. The molecule has 9 heteroatoms. The van der Waals surface area contributed by atoms with E-state index < -0.39 is 0 Å². The number of carbonyl (C=O) groups is 1. The fourth-order valence-corrected chi connectivity index (χ4v) is 3.32. The fraction of sp³-hybridized carbons (Fsp3) is 0.632. The lowest BCUT2D eigenvalue weighted by molar-refractivity contribution is -0.131. The number of hydrogen-bond donors (Lipinski definition) is 0. The Bertz CT molecular complexity index is 790. The van der Waals surface area contributed by atoms with Crippen LogP contribution >= 0.6 is 0 Å². The molecule has 1 fully saturated rings. The predicted molar refractivity (Wildman–Crippen MR) is 107 cm³/mol. The number of hydrogen-bond acceptors (Lipinski definition) is 7. The molecule has 0 N–H and O–H groups in total. The van der Waals surface area contributed by atoms with Gasteiger partial charge in [0.25, 0.3) is 0 Å². The lowest BCUT2D eigenvalue weighted by Crippen LogP contribution is -2.38. The minimum Gasteiger partial charge on any atom is -0.369 e. The van der Waals surface area contributed by atoms with Gasteiger partial charge in [-0.05, 0) is 56.3 Å². The molecular formula is C19H30N8O. The van der Waals surface area contributed by atoms with E-state index in [0.717, 1.165) is 31.6 Å². The SMILES string of the molecule is Cc1cnccc1N1CCCN(C(=O)Cn2nnnc2CN(C)C(C)C)CC1. The van der Waals surface area contributed by atoms with Crippen molar-refractivity contribution in [3.63, 3.8) is 0 Å². The molecule has 1 amide bonds. The number of pyridine rings is 1. The van der Waals surface area contributed by atoms with Crippen molar-refractivity contribution in [1.29, 1.82) is 0 Å². The molecule has 1 aliphatic heterocycles. The summed E-state index contributed by atoms with van der Waals surface area (Å²) in [6, 6.07) is 2.43. The van der Waals surface area contributed by atoms with Gasteiger partial charge in [0.15, 0.2) is 5.82 Å². The molecule has 1 aliphatic rings. The van der Waals surface area contributed by atoms with Gasteiger partial charge in [0.05, 0.1) is 6.54 Å². The number of tetrazole rings is 1. The highest BCUT2D eigenvalue weighted by Crippen LogP contribution is 2.20. The molecule has 2 aromatic rings. The van der Waals surface area contributed by atoms with Crippen molar-refractivity contribution in [3.05, 3.63) is 29.8 Å². The second-order valence-corrected chi connectivity index (χ2v) is 7.65. The molecule has 0 saturated carbocycles. The van der Waals surface area contributed by atoms with Crippen LogP contribution in [0.1, 0.15) is 31.7 Å². The molecule has 0 aliphatic carbocycles. The van der Waals surface area contributed by atoms with E-state index in [9.17, 15) is 4.79 Å². The smallest absolute Gasteiger partial charge is 0.244 e. The van der Waals surface area contributed by atoms with Crippen molar-refractivity contribution in [2.24, 2.45) is 0 Å². The standard InChI is InChI=1S/C19H30N8O/c1-15(2)24(4)13-18-21-22-23-27(18)14-19(28)26-9-5-8-25(10-11-26)17-6-7-20-12-16(17)3/h6-7,12,15H,5,8-11,13-14H2,1-4H3. The molecule has 2 aromatic heterocycles. The minimum atomic E-state index is 0.0639. The first-order valence-corrected chi connectivity index (χ1v) is 9.84. The van der Waals surface area contributed by atoms with E-state index >= 15 is 0 Å². The Morgan fingerprint density at radius 1 is 1.25 bits per heavy atom. The second kappa shape index (κ2) is 9.09. The van der Waals surface area contributed by atoms with Crippen LogP contribution in [0.5, 0.6) is 0 Å². The summed E-state index contributed by atoms with van der Waals surface area (Å²) in [7, 11) is 2.02. The number of carbonyl (C=O) groups excluding carboxylic acids is 1. The number of nitrogens with zero attached hydrogens (tertiary/aromatic N) is 8. The topological polar surface area (TPSA) is 83.3 Å². The zero-order valence-electron chi connectivity index (χ0n) is 17.2. The van der Waals surface area contributed by atoms with E-state index in [1.165, 1.54) is 5.69 Å². The molecular weight excluding hydrogens is 356 g/mol. The minimum absolute atomic E-state index is 0.0639. The number of rotatable bonds is 6. The average molecular weight is 387 g/mol. The van der Waals surface area contributed by atoms with Gasteiger partial charge < -0.3 is 9.80 Å². The van der Waals surface area contributed by atoms with Crippen LogP contribution in [0.3, 0.4) is 0 Å². The van der Waals surface area contributed by atoms with Gasteiger partial charge in [-0.1, -0.05) is 0 Å². The van der Waals surface area contributed by atoms with Crippen molar-refractivity contribution in [3.8, 4) is 0 Å². The molecule has 0 radical (unpaired) electrons. The number of aromatic nitrogens is 5. The van der Waals surface area contributed by atoms with Crippen molar-refractivity contribution in [2.45, 2.75) is 46.3 Å². The van der Waals surface area contributed by atoms with Gasteiger partial charge in [-0.15, -0.1) is 5.10 Å². The van der Waals surface area contributed by atoms with E-state index in [-0.39, 0.29) is 12.5 Å². The second-order valence-electron chi connectivity index (χ2n) is 7.65. The summed E-state index contributed by atoms with van der Waals surface area (Å²) in [6.45, 7) is 10.3. The van der Waals surface area contributed by atoms with Crippen LogP contribution in [0.4, 0.5) is 5.69 Å². The van der Waals surface area contributed by atoms with Crippen molar-refractivity contribution >= 4 is 11.6 Å². The number of anilines is 1. The van der Waals surface area contributed by atoms with Crippen molar-refractivity contribution in [2.75, 3.05) is 38.1 Å². The van der Waals surface area contributed by atoms with Crippen LogP contribution in [0.15, 0.2) is 18.5 Å². The van der Waals surface area contributed by atoms with Crippen LogP contribution in [0.25, 0.3) is 0 Å². The van der Waals surface area contributed by atoms with Crippen molar-refractivity contribution in [1.82, 2.24) is 35.0 Å². The summed E-state index contributed by atoms with van der Waals surface area (Å²) in [6.07, 6.45) is 4.65. The zero-order chi connectivity index (χ0) is 20.1. The van der Waals surface area contributed by atoms with Gasteiger partial charge in [-0.3, -0.25) is 14.7 Å². The summed E-state index contributed by atoms with van der Waals surface area (Å²) in [4.78, 5) is 23.4. The molecule has 0 spiro atoms. The third-order valence-corrected chi connectivity index (χ3v) is 5.34. The molecule has 152 valence electrons. The molecule has 28 heavy (non-hydrogen) atoms. The first-order valence-electron chi connectivity index (χ1n) is 9.84. The van der Waals surface area contributed by atoms with E-state index in [1.807, 2.05) is 30.4 Å². The Balaban J connectivity index is 1.60. The summed E-state index contributed by atoms with van der Waals surface area (Å²) >= 11 is 0. The predicted octanol–water partition coefficient (Wildman–Crippen LogP) is 0.956. The number of aryl methyl sites for hydroxylation is 1. The molecule has 0 aromatic carbocycles. The van der Waals surface area contributed by atoms with Gasteiger partial charge in [0, 0.05) is 50.3 Å². The molecule has 0 bridgehead atoms. The van der Waals surface area contributed by atoms with Gasteiger partial charge >= 0.3 is 0 Å². The Morgan fingerprint density at radius 2 is 2.07 bits per heavy atom. The Hall–Kier alpha value is -2.55. The first kappa shape index (κ1) is 20.2. The summed E-state index contributed by atoms with van der Waals surface area (Å²) in [5.41, 5.74) is 2.36. The van der Waals surface area contributed by atoms with E-state index in [1.54, 1.807) is 4.68 Å². The number of amides is 1. The van der Waals surface area contributed by atoms with Crippen LogP contribution in [-0.4, -0.2) is 80.2 Å². The van der Waals surface area contributed by atoms with Gasteiger partial charge in [0.2, 0.25) is 5.91 Å². The van der Waals surface area contributed by atoms with Gasteiger partial charge in [-0.25, -0.2) is 4.68 Å². The Morgan fingerprint density at radius 3 is 2.82 bits per heavy atom. The monoisotopic (exact) mass is 386 g/mol. The van der Waals surface area contributed by atoms with Gasteiger partial charge in [0.1, 0.15) is 6.54 Å². The summed E-state index contributed by atoms with van der Waals surface area (Å²) in [5, 5.41) is 11.9. The Labute approximate surface area is 166 Å². The lowest BCUT2D eigenvalue weighted by Gasteiger charge is -2.25. The molecule has 0 atom stereocenters. The van der Waals surface area contributed by atoms with Crippen molar-refractivity contribution < 1.29 is 4.79 Å². The molecule has 3 heterocycles. The average Bonchev–Trinajstić information content (AvgIpc) is 2.95. The van der Waals surface area contributed by atoms with E-state index in [0.29, 0.717) is 25.0 Å². The van der Waals surface area contributed by atoms with Crippen LogP contribution in [0.2, 0.25) is 0 Å². The summed E-state index contributed by atoms with van der Waals surface area (Å²) < 4.78 is 1.62.